The first-order chi connectivity index (χ1) is 11.1. The van der Waals surface area contributed by atoms with Crippen LogP contribution in [0.3, 0.4) is 0 Å². The lowest BCUT2D eigenvalue weighted by Crippen LogP contribution is -2.34. The minimum atomic E-state index is -1.67. The number of nitrogens with one attached hydrogen (secondary N) is 1. The molecule has 4 nitrogen and oxygen atoms in total. The van der Waals surface area contributed by atoms with Crippen molar-refractivity contribution < 1.29 is 18.1 Å². The molecule has 1 N–H and O–H groups in total. The minimum Gasteiger partial charge on any atom is -0.376 e. The average Bonchev–Trinajstić information content (AvgIpc) is 2.53. The fourth-order valence-electron chi connectivity index (χ4n) is 2.81. The predicted molar refractivity (Wildman–Crippen MR) is 88.1 cm³/mol. The highest BCUT2D eigenvalue weighted by atomic mass is 32.2. The molecule has 1 fully saturated rings. The molecule has 1 saturated carbocycles. The molecule has 128 valence electrons. The van der Waals surface area contributed by atoms with Crippen molar-refractivity contribution in [1.82, 2.24) is 5.32 Å². The van der Waals surface area contributed by atoms with E-state index in [4.69, 9.17) is 4.74 Å². The second-order valence-corrected chi connectivity index (χ2v) is 7.36. The number of hydrogen-bond donors (Lipinski definition) is 1. The third-order valence-corrected chi connectivity index (χ3v) is 5.48. The second kappa shape index (κ2) is 9.13. The van der Waals surface area contributed by atoms with Gasteiger partial charge in [-0.15, -0.1) is 0 Å². The van der Waals surface area contributed by atoms with Crippen molar-refractivity contribution >= 4 is 16.7 Å². The van der Waals surface area contributed by atoms with Gasteiger partial charge in [-0.3, -0.25) is 9.00 Å². The van der Waals surface area contributed by atoms with Crippen LogP contribution >= 0.6 is 0 Å². The summed E-state index contributed by atoms with van der Waals surface area (Å²) >= 11 is 0. The lowest BCUT2D eigenvalue weighted by molar-refractivity contribution is -0.119. The van der Waals surface area contributed by atoms with E-state index in [0.717, 1.165) is 6.42 Å². The second-order valence-electron chi connectivity index (χ2n) is 5.94. The van der Waals surface area contributed by atoms with Crippen LogP contribution in [0.2, 0.25) is 0 Å². The molecule has 1 aliphatic carbocycles. The molecule has 0 unspecified atom stereocenters. The summed E-state index contributed by atoms with van der Waals surface area (Å²) in [6.07, 6.45) is 5.00. The lowest BCUT2D eigenvalue weighted by atomic mass is 9.88. The summed E-state index contributed by atoms with van der Waals surface area (Å²) in [6, 6.07) is 5.81. The van der Waals surface area contributed by atoms with Crippen LogP contribution < -0.4 is 5.32 Å². The summed E-state index contributed by atoms with van der Waals surface area (Å²) in [5.41, 5.74) is 0. The summed E-state index contributed by atoms with van der Waals surface area (Å²) in [5.74, 6) is -0.575. The predicted octanol–water partition coefficient (Wildman–Crippen LogP) is 2.64. The average molecular weight is 341 g/mol. The molecule has 1 aliphatic rings. The van der Waals surface area contributed by atoms with Crippen molar-refractivity contribution in [2.75, 3.05) is 18.9 Å². The number of hydrogen-bond acceptors (Lipinski definition) is 3. The Hall–Kier alpha value is -1.27. The van der Waals surface area contributed by atoms with Crippen LogP contribution in [0, 0.1) is 11.7 Å². The Balaban J connectivity index is 1.67. The van der Waals surface area contributed by atoms with Crippen LogP contribution in [-0.2, 0) is 20.3 Å². The molecule has 0 aliphatic heterocycles. The van der Waals surface area contributed by atoms with Crippen molar-refractivity contribution in [3.05, 3.63) is 30.1 Å². The Bertz CT molecular complexity index is 552. The Labute approximate surface area is 139 Å². The number of ether oxygens (including phenoxy) is 1. The van der Waals surface area contributed by atoms with Crippen molar-refractivity contribution in [2.45, 2.75) is 43.6 Å². The van der Waals surface area contributed by atoms with Crippen molar-refractivity contribution in [3.8, 4) is 0 Å². The first kappa shape index (κ1) is 18.1. The highest BCUT2D eigenvalue weighted by molar-refractivity contribution is 7.85. The number of carbonyl (C=O) groups is 1. The third kappa shape index (κ3) is 5.70. The number of carbonyl (C=O) groups excluding carboxylic acids is 1. The van der Waals surface area contributed by atoms with Crippen LogP contribution in [0.1, 0.15) is 32.6 Å². The normalized spacial score (nSPS) is 22.5. The van der Waals surface area contributed by atoms with E-state index < -0.39 is 16.6 Å². The van der Waals surface area contributed by atoms with Gasteiger partial charge in [0.05, 0.1) is 28.4 Å². The van der Waals surface area contributed by atoms with Crippen LogP contribution in [0.15, 0.2) is 29.2 Å². The number of rotatable bonds is 7. The van der Waals surface area contributed by atoms with E-state index in [9.17, 15) is 13.4 Å². The molecule has 0 heterocycles. The molecule has 2 rings (SSSR count). The van der Waals surface area contributed by atoms with Crippen molar-refractivity contribution in [1.29, 1.82) is 0 Å². The maximum atomic E-state index is 13.5. The third-order valence-electron chi connectivity index (χ3n) is 4.13. The fraction of sp³-hybridized carbons (Fsp3) is 0.588. The monoisotopic (exact) mass is 341 g/mol. The van der Waals surface area contributed by atoms with Crippen molar-refractivity contribution in [2.24, 2.45) is 5.92 Å². The van der Waals surface area contributed by atoms with Crippen LogP contribution in [-0.4, -0.2) is 35.1 Å². The standard InChI is InChI=1S/C17H24FNO3S/c1-13-6-2-4-8-15(13)22-11-10-19-17(20)12-23(21)16-9-5-3-7-14(16)18/h3,5,7,9,13,15H,2,4,6,8,10-12H2,1H3,(H,19,20)/t13-,15+,23-/m1/s1. The van der Waals surface area contributed by atoms with Gasteiger partial charge in [-0.2, -0.15) is 0 Å². The molecule has 0 spiro atoms. The van der Waals surface area contributed by atoms with Gasteiger partial charge in [-0.25, -0.2) is 4.39 Å². The van der Waals surface area contributed by atoms with Gasteiger partial charge in [0.1, 0.15) is 11.6 Å². The largest absolute Gasteiger partial charge is 0.376 e. The van der Waals surface area contributed by atoms with Gasteiger partial charge in [0.2, 0.25) is 5.91 Å². The molecule has 0 saturated heterocycles. The molecular formula is C17H24FNO3S. The number of halogens is 1. The molecule has 1 amide bonds. The molecule has 0 aromatic heterocycles. The van der Waals surface area contributed by atoms with Gasteiger partial charge in [0.25, 0.3) is 0 Å². The summed E-state index contributed by atoms with van der Waals surface area (Å²) < 4.78 is 31.3. The van der Waals surface area contributed by atoms with Gasteiger partial charge in [-0.1, -0.05) is 31.9 Å². The highest BCUT2D eigenvalue weighted by Crippen LogP contribution is 2.25. The summed E-state index contributed by atoms with van der Waals surface area (Å²) in [7, 11) is -1.67. The van der Waals surface area contributed by atoms with Crippen LogP contribution in [0.25, 0.3) is 0 Å². The van der Waals surface area contributed by atoms with Gasteiger partial charge < -0.3 is 10.1 Å². The van der Waals surface area contributed by atoms with Crippen molar-refractivity contribution in [3.63, 3.8) is 0 Å². The topological polar surface area (TPSA) is 55.4 Å². The Morgan fingerprint density at radius 2 is 2.09 bits per heavy atom. The molecule has 6 heteroatoms. The Kier molecular flexibility index (Phi) is 7.17. The van der Waals surface area contributed by atoms with E-state index in [1.165, 1.54) is 37.5 Å². The molecule has 3 atom stereocenters. The van der Waals surface area contributed by atoms with E-state index in [-0.39, 0.29) is 22.7 Å². The fourth-order valence-corrected chi connectivity index (χ4v) is 3.82. The van der Waals surface area contributed by atoms with E-state index in [2.05, 4.69) is 12.2 Å². The number of amides is 1. The minimum absolute atomic E-state index is 0.0648. The van der Waals surface area contributed by atoms with Crippen LogP contribution in [0.5, 0.6) is 0 Å². The van der Waals surface area contributed by atoms with E-state index >= 15 is 0 Å². The number of benzene rings is 1. The molecule has 23 heavy (non-hydrogen) atoms. The quantitative estimate of drug-likeness (QED) is 0.776. The first-order valence-electron chi connectivity index (χ1n) is 8.09. The van der Waals surface area contributed by atoms with Gasteiger partial charge in [0.15, 0.2) is 0 Å². The smallest absolute Gasteiger partial charge is 0.233 e. The van der Waals surface area contributed by atoms with Gasteiger partial charge >= 0.3 is 0 Å². The van der Waals surface area contributed by atoms with Gasteiger partial charge in [0, 0.05) is 6.54 Å². The van der Waals surface area contributed by atoms with E-state index in [1.807, 2.05) is 0 Å². The van der Waals surface area contributed by atoms with Crippen LogP contribution in [0.4, 0.5) is 4.39 Å². The molecule has 0 bridgehead atoms. The molecule has 1 aromatic rings. The Morgan fingerprint density at radius 1 is 1.35 bits per heavy atom. The zero-order valence-electron chi connectivity index (χ0n) is 13.4. The highest BCUT2D eigenvalue weighted by Gasteiger charge is 2.21. The molecule has 1 aromatic carbocycles. The van der Waals surface area contributed by atoms with Gasteiger partial charge in [-0.05, 0) is 30.9 Å². The zero-order chi connectivity index (χ0) is 16.7. The maximum Gasteiger partial charge on any atom is 0.233 e. The maximum absolute atomic E-state index is 13.5. The van der Waals surface area contributed by atoms with E-state index in [1.54, 1.807) is 6.07 Å². The molecule has 0 radical (unpaired) electrons. The molecular weight excluding hydrogens is 317 g/mol. The summed E-state index contributed by atoms with van der Waals surface area (Å²) in [6.45, 7) is 3.03. The summed E-state index contributed by atoms with van der Waals surface area (Å²) in [5, 5.41) is 2.68. The zero-order valence-corrected chi connectivity index (χ0v) is 14.2. The SMILES string of the molecule is C[C@@H]1CCCC[C@@H]1OCCNC(=O)C[S@@](=O)c1ccccc1F. The van der Waals surface area contributed by atoms with E-state index in [0.29, 0.717) is 19.1 Å². The summed E-state index contributed by atoms with van der Waals surface area (Å²) in [4.78, 5) is 11.8. The first-order valence-corrected chi connectivity index (χ1v) is 9.41. The lowest BCUT2D eigenvalue weighted by Gasteiger charge is -2.28. The Morgan fingerprint density at radius 3 is 2.83 bits per heavy atom.